The number of nitrogens with zero attached hydrogens (tertiary/aromatic N) is 2. The zero-order chi connectivity index (χ0) is 13.5. The van der Waals surface area contributed by atoms with E-state index in [0.29, 0.717) is 18.8 Å². The number of carbonyl (C=O) groups is 2. The van der Waals surface area contributed by atoms with Crippen LogP contribution in [0.15, 0.2) is 18.2 Å². The zero-order valence-corrected chi connectivity index (χ0v) is 11.0. The van der Waals surface area contributed by atoms with E-state index in [-0.39, 0.29) is 12.5 Å². The minimum Gasteiger partial charge on any atom is -0.465 e. The van der Waals surface area contributed by atoms with Gasteiger partial charge in [0.25, 0.3) is 5.91 Å². The normalized spacial score (nSPS) is 9.94. The SMILES string of the molecule is CCOC(=O)CN(CC)C(=O)c1cccc(C)n1. The minimum atomic E-state index is -0.402. The predicted octanol–water partition coefficient (Wildman–Crippen LogP) is 1.42. The number of ether oxygens (including phenoxy) is 1. The van der Waals surface area contributed by atoms with Gasteiger partial charge in [-0.15, -0.1) is 0 Å². The van der Waals surface area contributed by atoms with E-state index >= 15 is 0 Å². The lowest BCUT2D eigenvalue weighted by atomic mass is 10.3. The molecule has 0 aromatic carbocycles. The summed E-state index contributed by atoms with van der Waals surface area (Å²) in [6, 6.07) is 5.23. The summed E-state index contributed by atoms with van der Waals surface area (Å²) in [6.07, 6.45) is 0. The van der Waals surface area contributed by atoms with Crippen molar-refractivity contribution < 1.29 is 14.3 Å². The van der Waals surface area contributed by atoms with Crippen LogP contribution >= 0.6 is 0 Å². The van der Waals surface area contributed by atoms with Gasteiger partial charge in [0.2, 0.25) is 0 Å². The van der Waals surface area contributed by atoms with Gasteiger partial charge in [0.05, 0.1) is 6.61 Å². The average molecular weight is 250 g/mol. The fourth-order valence-corrected chi connectivity index (χ4v) is 1.51. The van der Waals surface area contributed by atoms with Crippen LogP contribution in [0, 0.1) is 6.92 Å². The molecule has 0 radical (unpaired) electrons. The van der Waals surface area contributed by atoms with Crippen molar-refractivity contribution in [1.82, 2.24) is 9.88 Å². The lowest BCUT2D eigenvalue weighted by Gasteiger charge is -2.19. The second kappa shape index (κ2) is 6.74. The Morgan fingerprint density at radius 1 is 1.33 bits per heavy atom. The van der Waals surface area contributed by atoms with Crippen LogP contribution in [0.1, 0.15) is 30.0 Å². The molecule has 1 heterocycles. The van der Waals surface area contributed by atoms with Gasteiger partial charge in [-0.05, 0) is 32.9 Å². The van der Waals surface area contributed by atoms with Gasteiger partial charge in [0, 0.05) is 12.2 Å². The Hall–Kier alpha value is -1.91. The van der Waals surface area contributed by atoms with Crippen LogP contribution < -0.4 is 0 Å². The summed E-state index contributed by atoms with van der Waals surface area (Å²) < 4.78 is 4.83. The lowest BCUT2D eigenvalue weighted by molar-refractivity contribution is -0.143. The molecule has 5 nitrogen and oxygen atoms in total. The monoisotopic (exact) mass is 250 g/mol. The van der Waals surface area contributed by atoms with Crippen LogP contribution in [-0.2, 0) is 9.53 Å². The molecular formula is C13H18N2O3. The molecule has 0 fully saturated rings. The average Bonchev–Trinajstić information content (AvgIpc) is 2.35. The zero-order valence-electron chi connectivity index (χ0n) is 11.0. The van der Waals surface area contributed by atoms with Gasteiger partial charge in [-0.3, -0.25) is 9.59 Å². The van der Waals surface area contributed by atoms with Crippen molar-refractivity contribution in [1.29, 1.82) is 0 Å². The number of aromatic nitrogens is 1. The van der Waals surface area contributed by atoms with Crippen LogP contribution in [-0.4, -0.2) is 41.5 Å². The second-order valence-corrected chi connectivity index (χ2v) is 3.79. The number of likely N-dealkylation sites (N-methyl/N-ethyl adjacent to an activating group) is 1. The van der Waals surface area contributed by atoms with E-state index in [1.165, 1.54) is 4.90 Å². The summed E-state index contributed by atoms with van der Waals surface area (Å²) in [5.74, 6) is -0.658. The van der Waals surface area contributed by atoms with Gasteiger partial charge < -0.3 is 9.64 Å². The fraction of sp³-hybridized carbons (Fsp3) is 0.462. The maximum atomic E-state index is 12.1. The molecule has 1 aromatic heterocycles. The van der Waals surface area contributed by atoms with Crippen molar-refractivity contribution in [2.75, 3.05) is 19.7 Å². The van der Waals surface area contributed by atoms with E-state index in [0.717, 1.165) is 5.69 Å². The van der Waals surface area contributed by atoms with Crippen molar-refractivity contribution >= 4 is 11.9 Å². The van der Waals surface area contributed by atoms with Gasteiger partial charge in [0.15, 0.2) is 0 Å². The van der Waals surface area contributed by atoms with Crippen LogP contribution in [0.4, 0.5) is 0 Å². The third-order valence-corrected chi connectivity index (χ3v) is 2.40. The molecule has 0 aliphatic rings. The molecule has 5 heteroatoms. The van der Waals surface area contributed by atoms with Gasteiger partial charge in [-0.2, -0.15) is 0 Å². The van der Waals surface area contributed by atoms with Gasteiger partial charge in [-0.25, -0.2) is 4.98 Å². The van der Waals surface area contributed by atoms with Crippen LogP contribution in [0.2, 0.25) is 0 Å². The largest absolute Gasteiger partial charge is 0.465 e. The van der Waals surface area contributed by atoms with Crippen molar-refractivity contribution in [2.24, 2.45) is 0 Å². The highest BCUT2D eigenvalue weighted by Gasteiger charge is 2.18. The third kappa shape index (κ3) is 3.84. The van der Waals surface area contributed by atoms with E-state index in [9.17, 15) is 9.59 Å². The van der Waals surface area contributed by atoms with E-state index in [1.807, 2.05) is 19.9 Å². The Bertz CT molecular complexity index is 432. The topological polar surface area (TPSA) is 59.5 Å². The van der Waals surface area contributed by atoms with Crippen LogP contribution in [0.25, 0.3) is 0 Å². The van der Waals surface area contributed by atoms with Crippen molar-refractivity contribution in [2.45, 2.75) is 20.8 Å². The number of rotatable bonds is 5. The Morgan fingerprint density at radius 3 is 2.61 bits per heavy atom. The van der Waals surface area contributed by atoms with Crippen molar-refractivity contribution in [3.05, 3.63) is 29.6 Å². The number of pyridine rings is 1. The first-order chi connectivity index (χ1) is 8.58. The highest BCUT2D eigenvalue weighted by molar-refractivity contribution is 5.94. The van der Waals surface area contributed by atoms with E-state index in [1.54, 1.807) is 19.1 Å². The van der Waals surface area contributed by atoms with Crippen molar-refractivity contribution in [3.8, 4) is 0 Å². The molecule has 0 unspecified atom stereocenters. The minimum absolute atomic E-state index is 0.0429. The molecule has 0 aliphatic carbocycles. The molecule has 1 amide bonds. The number of esters is 1. The predicted molar refractivity (Wildman–Crippen MR) is 67.2 cm³/mol. The van der Waals surface area contributed by atoms with Gasteiger partial charge >= 0.3 is 5.97 Å². The molecule has 0 aliphatic heterocycles. The summed E-state index contributed by atoms with van der Waals surface area (Å²) in [7, 11) is 0. The molecule has 1 aromatic rings. The molecule has 18 heavy (non-hydrogen) atoms. The Kier molecular flexibility index (Phi) is 5.30. The number of hydrogen-bond acceptors (Lipinski definition) is 4. The third-order valence-electron chi connectivity index (χ3n) is 2.40. The number of aryl methyl sites for hydroxylation is 1. The van der Waals surface area contributed by atoms with E-state index < -0.39 is 5.97 Å². The summed E-state index contributed by atoms with van der Waals surface area (Å²) in [4.78, 5) is 29.1. The first-order valence-corrected chi connectivity index (χ1v) is 5.97. The van der Waals surface area contributed by atoms with Crippen molar-refractivity contribution in [3.63, 3.8) is 0 Å². The summed E-state index contributed by atoms with van der Waals surface area (Å²) in [5, 5.41) is 0. The summed E-state index contributed by atoms with van der Waals surface area (Å²) >= 11 is 0. The number of carbonyl (C=O) groups excluding carboxylic acids is 2. The Morgan fingerprint density at radius 2 is 2.06 bits per heavy atom. The molecule has 0 N–H and O–H groups in total. The maximum absolute atomic E-state index is 12.1. The standard InChI is InChI=1S/C13H18N2O3/c1-4-15(9-12(16)18-5-2)13(17)11-8-6-7-10(3)14-11/h6-8H,4-5,9H2,1-3H3. The lowest BCUT2D eigenvalue weighted by Crippen LogP contribution is -2.36. The maximum Gasteiger partial charge on any atom is 0.325 e. The first-order valence-electron chi connectivity index (χ1n) is 5.97. The molecule has 1 rings (SSSR count). The molecule has 0 atom stereocenters. The highest BCUT2D eigenvalue weighted by Crippen LogP contribution is 2.04. The molecule has 0 saturated carbocycles. The Labute approximate surface area is 107 Å². The molecular weight excluding hydrogens is 232 g/mol. The smallest absolute Gasteiger partial charge is 0.325 e. The van der Waals surface area contributed by atoms with Crippen LogP contribution in [0.5, 0.6) is 0 Å². The molecule has 0 saturated heterocycles. The van der Waals surface area contributed by atoms with E-state index in [2.05, 4.69) is 4.98 Å². The van der Waals surface area contributed by atoms with Crippen LogP contribution in [0.3, 0.4) is 0 Å². The molecule has 98 valence electrons. The number of hydrogen-bond donors (Lipinski definition) is 0. The van der Waals surface area contributed by atoms with Gasteiger partial charge in [-0.1, -0.05) is 6.07 Å². The summed E-state index contributed by atoms with van der Waals surface area (Å²) in [5.41, 5.74) is 1.12. The second-order valence-electron chi connectivity index (χ2n) is 3.79. The fourth-order valence-electron chi connectivity index (χ4n) is 1.51. The molecule has 0 bridgehead atoms. The molecule has 0 spiro atoms. The Balaban J connectivity index is 2.76. The quantitative estimate of drug-likeness (QED) is 0.741. The summed E-state index contributed by atoms with van der Waals surface area (Å²) in [6.45, 7) is 6.07. The van der Waals surface area contributed by atoms with Gasteiger partial charge in [0.1, 0.15) is 12.2 Å². The highest BCUT2D eigenvalue weighted by atomic mass is 16.5. The number of amides is 1. The van der Waals surface area contributed by atoms with E-state index in [4.69, 9.17) is 4.74 Å². The first kappa shape index (κ1) is 14.2.